The zero-order valence-corrected chi connectivity index (χ0v) is 8.80. The van der Waals surface area contributed by atoms with Gasteiger partial charge in [-0.25, -0.2) is 0 Å². The molecule has 0 heterocycles. The summed E-state index contributed by atoms with van der Waals surface area (Å²) in [5.41, 5.74) is 2.57. The molecule has 0 aliphatic heterocycles. The van der Waals surface area contributed by atoms with Crippen LogP contribution in [0, 0.1) is 11.3 Å². The molecule has 0 saturated carbocycles. The van der Waals surface area contributed by atoms with E-state index in [1.165, 1.54) is 5.57 Å². The van der Waals surface area contributed by atoms with Gasteiger partial charge in [-0.3, -0.25) is 0 Å². The van der Waals surface area contributed by atoms with Crippen LogP contribution in [0.1, 0.15) is 33.6 Å². The van der Waals surface area contributed by atoms with E-state index in [-0.39, 0.29) is 18.6 Å². The Kier molecular flexibility index (Phi) is 3.14. The highest BCUT2D eigenvalue weighted by Crippen LogP contribution is 2.47. The number of aliphatic hydroxyl groups is 2. The van der Waals surface area contributed by atoms with Crippen molar-refractivity contribution in [1.29, 1.82) is 0 Å². The highest BCUT2D eigenvalue weighted by atomic mass is 16.3. The fourth-order valence-electron chi connectivity index (χ4n) is 2.27. The highest BCUT2D eigenvalue weighted by Gasteiger charge is 2.37. The molecule has 0 aromatic rings. The summed E-state index contributed by atoms with van der Waals surface area (Å²) in [6, 6.07) is 0. The Balaban J connectivity index is 2.91. The maximum absolute atomic E-state index is 9.17. The second-order valence-electron chi connectivity index (χ2n) is 4.54. The second kappa shape index (κ2) is 3.81. The average molecular weight is 184 g/mol. The zero-order chi connectivity index (χ0) is 10.1. The lowest BCUT2D eigenvalue weighted by Crippen LogP contribution is -2.19. The van der Waals surface area contributed by atoms with Crippen LogP contribution in [-0.2, 0) is 0 Å². The molecule has 2 N–H and O–H groups in total. The van der Waals surface area contributed by atoms with Gasteiger partial charge in [-0.15, -0.1) is 0 Å². The van der Waals surface area contributed by atoms with E-state index in [0.717, 1.165) is 12.0 Å². The molecule has 1 aliphatic carbocycles. The molecule has 2 nitrogen and oxygen atoms in total. The predicted octanol–water partition coefficient (Wildman–Crippen LogP) is 1.72. The standard InChI is InChI=1S/C11H20O2/c1-8-6-9(7-13)10(4-5-12)11(8,2)3/h8,12-13H,4-7H2,1-3H3/t8-/m0/s1. The van der Waals surface area contributed by atoms with Crippen LogP contribution < -0.4 is 0 Å². The molecule has 0 saturated heterocycles. The topological polar surface area (TPSA) is 40.5 Å². The van der Waals surface area contributed by atoms with Gasteiger partial charge >= 0.3 is 0 Å². The lowest BCUT2D eigenvalue weighted by Gasteiger charge is -2.28. The minimum absolute atomic E-state index is 0.154. The van der Waals surface area contributed by atoms with Gasteiger partial charge in [-0.1, -0.05) is 26.3 Å². The van der Waals surface area contributed by atoms with Crippen molar-refractivity contribution < 1.29 is 10.2 Å². The van der Waals surface area contributed by atoms with Gasteiger partial charge in [0.2, 0.25) is 0 Å². The molecule has 0 aromatic heterocycles. The Morgan fingerprint density at radius 1 is 1.38 bits per heavy atom. The minimum Gasteiger partial charge on any atom is -0.396 e. The van der Waals surface area contributed by atoms with Gasteiger partial charge in [0.25, 0.3) is 0 Å². The normalized spacial score (nSPS) is 27.0. The van der Waals surface area contributed by atoms with Crippen LogP contribution in [0.4, 0.5) is 0 Å². The van der Waals surface area contributed by atoms with Gasteiger partial charge in [0, 0.05) is 6.61 Å². The first-order valence-electron chi connectivity index (χ1n) is 4.97. The Labute approximate surface area is 80.3 Å². The molecule has 0 unspecified atom stereocenters. The lowest BCUT2D eigenvalue weighted by atomic mass is 9.77. The average Bonchev–Trinajstić information content (AvgIpc) is 2.29. The lowest BCUT2D eigenvalue weighted by molar-refractivity contribution is 0.264. The van der Waals surface area contributed by atoms with Gasteiger partial charge in [-0.2, -0.15) is 0 Å². The van der Waals surface area contributed by atoms with Crippen molar-refractivity contribution in [2.45, 2.75) is 33.6 Å². The zero-order valence-electron chi connectivity index (χ0n) is 8.80. The quantitative estimate of drug-likeness (QED) is 0.656. The van der Waals surface area contributed by atoms with Crippen LogP contribution in [0.2, 0.25) is 0 Å². The number of rotatable bonds is 3. The molecule has 1 rings (SSSR count). The van der Waals surface area contributed by atoms with Crippen molar-refractivity contribution in [1.82, 2.24) is 0 Å². The molecule has 0 aromatic carbocycles. The third-order valence-electron chi connectivity index (χ3n) is 3.54. The highest BCUT2D eigenvalue weighted by molar-refractivity contribution is 5.28. The van der Waals surface area contributed by atoms with E-state index in [9.17, 15) is 5.11 Å². The van der Waals surface area contributed by atoms with E-state index in [2.05, 4.69) is 20.8 Å². The first-order valence-corrected chi connectivity index (χ1v) is 4.97. The fraction of sp³-hybridized carbons (Fsp3) is 0.818. The second-order valence-corrected chi connectivity index (χ2v) is 4.54. The van der Waals surface area contributed by atoms with E-state index in [1.54, 1.807) is 0 Å². The Hall–Kier alpha value is -0.340. The summed E-state index contributed by atoms with van der Waals surface area (Å²) in [4.78, 5) is 0. The molecule has 0 fully saturated rings. The van der Waals surface area contributed by atoms with Gasteiger partial charge in [0.1, 0.15) is 0 Å². The molecule has 0 bridgehead atoms. The van der Waals surface area contributed by atoms with Crippen molar-refractivity contribution in [2.24, 2.45) is 11.3 Å². The molecule has 2 heteroatoms. The van der Waals surface area contributed by atoms with Crippen molar-refractivity contribution in [3.05, 3.63) is 11.1 Å². The van der Waals surface area contributed by atoms with Crippen molar-refractivity contribution in [3.8, 4) is 0 Å². The molecular formula is C11H20O2. The molecule has 1 aliphatic rings. The first kappa shape index (κ1) is 10.7. The van der Waals surface area contributed by atoms with Gasteiger partial charge in [0.05, 0.1) is 6.61 Å². The van der Waals surface area contributed by atoms with Crippen LogP contribution >= 0.6 is 0 Å². The molecule has 1 atom stereocenters. The van der Waals surface area contributed by atoms with Crippen LogP contribution in [0.5, 0.6) is 0 Å². The maximum Gasteiger partial charge on any atom is 0.0644 e. The van der Waals surface area contributed by atoms with Gasteiger partial charge in [-0.05, 0) is 29.7 Å². The number of aliphatic hydroxyl groups excluding tert-OH is 2. The third kappa shape index (κ3) is 1.79. The van der Waals surface area contributed by atoms with Crippen molar-refractivity contribution >= 4 is 0 Å². The Morgan fingerprint density at radius 2 is 2.00 bits per heavy atom. The Bertz CT molecular complexity index is 216. The maximum atomic E-state index is 9.17. The van der Waals surface area contributed by atoms with Crippen LogP contribution in [0.25, 0.3) is 0 Å². The summed E-state index contributed by atoms with van der Waals surface area (Å²) in [7, 11) is 0. The smallest absolute Gasteiger partial charge is 0.0644 e. The minimum atomic E-state index is 0.154. The van der Waals surface area contributed by atoms with E-state index in [0.29, 0.717) is 12.3 Å². The predicted molar refractivity (Wildman–Crippen MR) is 53.4 cm³/mol. The first-order chi connectivity index (χ1) is 6.04. The summed E-state index contributed by atoms with van der Waals surface area (Å²) in [6.07, 6.45) is 1.70. The van der Waals surface area contributed by atoms with Crippen LogP contribution in [0.15, 0.2) is 11.1 Å². The van der Waals surface area contributed by atoms with E-state index >= 15 is 0 Å². The SMILES string of the molecule is C[C@H]1CC(CO)=C(CCO)C1(C)C. The van der Waals surface area contributed by atoms with Gasteiger partial charge < -0.3 is 10.2 Å². The summed E-state index contributed by atoms with van der Waals surface area (Å²) in [5.74, 6) is 0.580. The molecule has 76 valence electrons. The third-order valence-corrected chi connectivity index (χ3v) is 3.54. The van der Waals surface area contributed by atoms with E-state index < -0.39 is 0 Å². The Morgan fingerprint density at radius 3 is 2.46 bits per heavy atom. The van der Waals surface area contributed by atoms with Crippen molar-refractivity contribution in [3.63, 3.8) is 0 Å². The summed E-state index contributed by atoms with van der Waals surface area (Å²) >= 11 is 0. The van der Waals surface area contributed by atoms with Crippen molar-refractivity contribution in [2.75, 3.05) is 13.2 Å². The molecule has 0 amide bonds. The van der Waals surface area contributed by atoms with E-state index in [1.807, 2.05) is 0 Å². The molecule has 0 spiro atoms. The molecule has 0 radical (unpaired) electrons. The number of hydrogen-bond acceptors (Lipinski definition) is 2. The summed E-state index contributed by atoms with van der Waals surface area (Å²) in [5, 5.41) is 18.1. The van der Waals surface area contributed by atoms with Crippen LogP contribution in [-0.4, -0.2) is 23.4 Å². The fourth-order valence-corrected chi connectivity index (χ4v) is 2.27. The summed E-state index contributed by atoms with van der Waals surface area (Å²) < 4.78 is 0. The number of hydrogen-bond donors (Lipinski definition) is 2. The molecule has 13 heavy (non-hydrogen) atoms. The monoisotopic (exact) mass is 184 g/mol. The largest absolute Gasteiger partial charge is 0.396 e. The van der Waals surface area contributed by atoms with Crippen LogP contribution in [0.3, 0.4) is 0 Å². The van der Waals surface area contributed by atoms with E-state index in [4.69, 9.17) is 5.11 Å². The summed E-state index contributed by atoms with van der Waals surface area (Å²) in [6.45, 7) is 6.95. The molecular weight excluding hydrogens is 164 g/mol. The van der Waals surface area contributed by atoms with Gasteiger partial charge in [0.15, 0.2) is 0 Å².